The van der Waals surface area contributed by atoms with Crippen molar-refractivity contribution in [3.05, 3.63) is 99.8 Å². The molecule has 0 radical (unpaired) electrons. The fraction of sp³-hybridized carbons (Fsp3) is 0.0870. The van der Waals surface area contributed by atoms with E-state index in [4.69, 9.17) is 16.3 Å². The zero-order valence-electron chi connectivity index (χ0n) is 15.5. The van der Waals surface area contributed by atoms with E-state index >= 15 is 0 Å². The Kier molecular flexibility index (Phi) is 5.81. The number of para-hydroxylation sites is 1. The Morgan fingerprint density at radius 1 is 1.07 bits per heavy atom. The predicted octanol–water partition coefficient (Wildman–Crippen LogP) is 5.10. The van der Waals surface area contributed by atoms with Crippen molar-refractivity contribution in [2.75, 3.05) is 0 Å². The molecule has 4 rings (SSSR count). The van der Waals surface area contributed by atoms with Crippen molar-refractivity contribution in [1.29, 1.82) is 0 Å². The predicted molar refractivity (Wildman–Crippen MR) is 113 cm³/mol. The Balaban J connectivity index is 1.91. The van der Waals surface area contributed by atoms with Gasteiger partial charge in [-0.1, -0.05) is 71.2 Å². The Morgan fingerprint density at radius 2 is 1.77 bits per heavy atom. The third-order valence-electron chi connectivity index (χ3n) is 4.89. The quantitative estimate of drug-likeness (QED) is 0.408. The van der Waals surface area contributed by atoms with Crippen molar-refractivity contribution < 1.29 is 22.7 Å². The first kappa shape index (κ1) is 20.5. The summed E-state index contributed by atoms with van der Waals surface area (Å²) in [6, 6.07) is 18.3. The molecule has 0 aromatic heterocycles. The molecule has 2 atom stereocenters. The number of ether oxygens (including phenoxy) is 1. The van der Waals surface area contributed by atoms with E-state index in [-0.39, 0.29) is 10.8 Å². The molecule has 7 heteroatoms. The maximum Gasteiger partial charge on any atom is 0.141 e. The zero-order valence-corrected chi connectivity index (χ0v) is 17.1. The molecule has 0 saturated carbocycles. The van der Waals surface area contributed by atoms with Gasteiger partial charge in [-0.3, -0.25) is 4.21 Å². The maximum absolute atomic E-state index is 13.8. The fourth-order valence-electron chi connectivity index (χ4n) is 3.51. The first-order valence-electron chi connectivity index (χ1n) is 9.04. The minimum Gasteiger partial charge on any atom is -0.772 e. The van der Waals surface area contributed by atoms with Crippen LogP contribution in [-0.2, 0) is 21.6 Å². The van der Waals surface area contributed by atoms with Gasteiger partial charge in [-0.25, -0.2) is 4.39 Å². The van der Waals surface area contributed by atoms with Crippen molar-refractivity contribution in [2.24, 2.45) is 0 Å². The maximum atomic E-state index is 13.8. The van der Waals surface area contributed by atoms with Crippen LogP contribution < -0.4 is 4.74 Å². The van der Waals surface area contributed by atoms with E-state index in [2.05, 4.69) is 0 Å². The summed E-state index contributed by atoms with van der Waals surface area (Å²) < 4.78 is 41.8. The van der Waals surface area contributed by atoms with E-state index in [0.717, 1.165) is 6.29 Å². The molecule has 0 amide bonds. The number of halogens is 2. The highest BCUT2D eigenvalue weighted by molar-refractivity contribution is 7.78. The molecule has 3 aromatic rings. The molecule has 0 spiro atoms. The van der Waals surface area contributed by atoms with Crippen molar-refractivity contribution in [1.82, 2.24) is 0 Å². The minimum atomic E-state index is -2.20. The van der Waals surface area contributed by atoms with Gasteiger partial charge in [0.2, 0.25) is 0 Å². The first-order chi connectivity index (χ1) is 14.5. The zero-order chi connectivity index (χ0) is 21.3. The largest absolute Gasteiger partial charge is 0.772 e. The summed E-state index contributed by atoms with van der Waals surface area (Å²) >= 11 is 3.81. The van der Waals surface area contributed by atoms with Crippen LogP contribution in [0.4, 0.5) is 4.39 Å². The number of carbonyl (C=O) groups excluding carboxylic acids is 1. The van der Waals surface area contributed by atoms with Gasteiger partial charge in [0.1, 0.15) is 23.6 Å². The molecule has 2 unspecified atom stereocenters. The number of carbonyl (C=O) groups is 1. The van der Waals surface area contributed by atoms with Crippen LogP contribution >= 0.6 is 11.6 Å². The van der Waals surface area contributed by atoms with Gasteiger partial charge in [0.25, 0.3) is 0 Å². The van der Waals surface area contributed by atoms with Crippen LogP contribution in [-0.4, -0.2) is 15.0 Å². The van der Waals surface area contributed by atoms with E-state index in [0.29, 0.717) is 39.3 Å². The molecule has 1 heterocycles. The summed E-state index contributed by atoms with van der Waals surface area (Å²) in [4.78, 5) is 12.1. The van der Waals surface area contributed by atoms with Crippen LogP contribution in [0.3, 0.4) is 0 Å². The Bertz CT molecular complexity index is 1170. The summed E-state index contributed by atoms with van der Waals surface area (Å²) in [7, 11) is 0. The average Bonchev–Trinajstić information content (AvgIpc) is 2.74. The lowest BCUT2D eigenvalue weighted by Crippen LogP contribution is -2.16. The molecule has 1 aliphatic heterocycles. The Morgan fingerprint density at radius 3 is 2.43 bits per heavy atom. The highest BCUT2D eigenvalue weighted by Gasteiger charge is 2.31. The monoisotopic (exact) mass is 441 g/mol. The smallest absolute Gasteiger partial charge is 0.141 e. The molecule has 152 valence electrons. The lowest BCUT2D eigenvalue weighted by molar-refractivity contribution is -0.108. The van der Waals surface area contributed by atoms with E-state index in [1.807, 2.05) is 18.2 Å². The van der Waals surface area contributed by atoms with Gasteiger partial charge in [-0.15, -0.1) is 0 Å². The Hall–Kier alpha value is -2.80. The molecule has 0 saturated heterocycles. The van der Waals surface area contributed by atoms with Crippen molar-refractivity contribution in [2.45, 2.75) is 11.7 Å². The summed E-state index contributed by atoms with van der Waals surface area (Å²) in [5.74, 6) is -0.312. The molecule has 30 heavy (non-hydrogen) atoms. The van der Waals surface area contributed by atoms with Gasteiger partial charge in [0, 0.05) is 22.5 Å². The van der Waals surface area contributed by atoms with Gasteiger partial charge in [0.15, 0.2) is 0 Å². The van der Waals surface area contributed by atoms with Gasteiger partial charge in [-0.05, 0) is 29.3 Å². The standard InChI is InChI=1S/C23H16ClFO4S/c24-19-11-16(9-10-20(19)25)22-18(12-26)17-3-1-2-4-21(17)29-23(22)15-7-5-14(6-8-15)13-30(27)28/h1-12,18H,13H2,(H,27,28)/p-1. The van der Waals surface area contributed by atoms with Crippen LogP contribution in [0, 0.1) is 5.82 Å². The second-order valence-electron chi connectivity index (χ2n) is 6.77. The first-order valence-corrected chi connectivity index (χ1v) is 10.7. The van der Waals surface area contributed by atoms with Crippen LogP contribution in [0.15, 0.2) is 66.7 Å². The lowest BCUT2D eigenvalue weighted by Gasteiger charge is -2.28. The van der Waals surface area contributed by atoms with Gasteiger partial charge in [-0.2, -0.15) is 0 Å². The molecule has 0 fully saturated rings. The van der Waals surface area contributed by atoms with E-state index < -0.39 is 22.8 Å². The molecule has 4 nitrogen and oxygen atoms in total. The number of hydrogen-bond donors (Lipinski definition) is 0. The average molecular weight is 442 g/mol. The lowest BCUT2D eigenvalue weighted by atomic mass is 9.83. The SMILES string of the molecule is O=CC1C(c2ccc(F)c(Cl)c2)=C(c2ccc(CS(=O)[O-])cc2)Oc2ccccc21. The molecule has 1 aliphatic rings. The van der Waals surface area contributed by atoms with E-state index in [9.17, 15) is 17.9 Å². The number of rotatable bonds is 5. The number of hydrogen-bond acceptors (Lipinski definition) is 4. The van der Waals surface area contributed by atoms with Gasteiger partial charge >= 0.3 is 0 Å². The highest BCUT2D eigenvalue weighted by atomic mass is 35.5. The third kappa shape index (κ3) is 3.94. The molecule has 0 bridgehead atoms. The molecular weight excluding hydrogens is 427 g/mol. The second kappa shape index (κ2) is 8.52. The fourth-order valence-corrected chi connectivity index (χ4v) is 4.16. The van der Waals surface area contributed by atoms with Crippen LogP contribution in [0.1, 0.15) is 28.2 Å². The third-order valence-corrected chi connectivity index (χ3v) is 5.75. The van der Waals surface area contributed by atoms with Gasteiger partial charge < -0.3 is 14.1 Å². The Labute approximate surface area is 180 Å². The van der Waals surface area contributed by atoms with Crippen molar-refractivity contribution >= 4 is 40.3 Å². The summed E-state index contributed by atoms with van der Waals surface area (Å²) in [5, 5.41) is -0.0591. The van der Waals surface area contributed by atoms with Crippen LogP contribution in [0.5, 0.6) is 5.75 Å². The topological polar surface area (TPSA) is 66.4 Å². The minimum absolute atomic E-state index is 0.0591. The van der Waals surface area contributed by atoms with Gasteiger partial charge in [0.05, 0.1) is 10.9 Å². The molecule has 0 N–H and O–H groups in total. The van der Waals surface area contributed by atoms with Crippen molar-refractivity contribution in [3.63, 3.8) is 0 Å². The molecule has 3 aromatic carbocycles. The summed E-state index contributed by atoms with van der Waals surface area (Å²) in [6.07, 6.45) is 0.822. The highest BCUT2D eigenvalue weighted by Crippen LogP contribution is 2.46. The number of fused-ring (bicyclic) bond motifs is 1. The van der Waals surface area contributed by atoms with E-state index in [1.54, 1.807) is 36.4 Å². The summed E-state index contributed by atoms with van der Waals surface area (Å²) in [5.41, 5.74) is 3.11. The molecular formula is C23H15ClFO4S-. The second-order valence-corrected chi connectivity index (χ2v) is 8.07. The number of benzene rings is 3. The van der Waals surface area contributed by atoms with Crippen LogP contribution in [0.25, 0.3) is 11.3 Å². The molecule has 0 aliphatic carbocycles. The van der Waals surface area contributed by atoms with Crippen molar-refractivity contribution in [3.8, 4) is 5.75 Å². The number of allylic oxidation sites excluding steroid dienone is 1. The normalized spacial score (nSPS) is 16.6. The van der Waals surface area contributed by atoms with E-state index in [1.165, 1.54) is 12.1 Å². The number of aldehydes is 1. The summed E-state index contributed by atoms with van der Waals surface area (Å²) in [6.45, 7) is 0. The van der Waals surface area contributed by atoms with Crippen LogP contribution in [0.2, 0.25) is 5.02 Å².